The Balaban J connectivity index is 2.14. The van der Waals surface area contributed by atoms with E-state index >= 15 is 0 Å². The minimum atomic E-state index is -4.45. The van der Waals surface area contributed by atoms with E-state index in [4.69, 9.17) is 0 Å². The van der Waals surface area contributed by atoms with E-state index in [9.17, 15) is 17.6 Å². The quantitative estimate of drug-likeness (QED) is 0.621. The summed E-state index contributed by atoms with van der Waals surface area (Å²) in [6, 6.07) is 6.09. The number of nitrogens with one attached hydrogen (secondary N) is 1. The smallest absolute Gasteiger partial charge is 0.243 e. The number of thiophene rings is 1. The Morgan fingerprint density at radius 2 is 1.75 bits per heavy atom. The van der Waals surface area contributed by atoms with E-state index in [0.29, 0.717) is 0 Å². The van der Waals surface area contributed by atoms with E-state index in [1.807, 2.05) is 13.0 Å². The lowest BCUT2D eigenvalue weighted by molar-refractivity contribution is -0.152. The maximum Gasteiger partial charge on any atom is 0.408 e. The van der Waals surface area contributed by atoms with Gasteiger partial charge >= 0.3 is 6.18 Å². The molecule has 0 bridgehead atoms. The molecular weight excluding hydrogens is 310 g/mol. The fourth-order valence-corrected chi connectivity index (χ4v) is 3.50. The zero-order chi connectivity index (χ0) is 14.8. The van der Waals surface area contributed by atoms with Crippen LogP contribution in [0.15, 0.2) is 40.6 Å². The van der Waals surface area contributed by atoms with Gasteiger partial charge < -0.3 is 0 Å². The third kappa shape index (κ3) is 3.97. The van der Waals surface area contributed by atoms with Crippen molar-refractivity contribution in [3.8, 4) is 0 Å². The molecule has 1 heterocycles. The third-order valence-electron chi connectivity index (χ3n) is 2.52. The fraction of sp³-hybridized carbons (Fsp3) is 0.231. The van der Waals surface area contributed by atoms with Crippen molar-refractivity contribution < 1.29 is 17.6 Å². The van der Waals surface area contributed by atoms with Gasteiger partial charge in [0, 0.05) is 4.88 Å². The Bertz CT molecular complexity index is 562. The number of hydrogen-bond donors (Lipinski definition) is 1. The van der Waals surface area contributed by atoms with Gasteiger partial charge in [-0.25, -0.2) is 9.11 Å². The lowest BCUT2D eigenvalue weighted by Crippen LogP contribution is -2.30. The Labute approximate surface area is 122 Å². The monoisotopic (exact) mass is 321 g/mol. The average Bonchev–Trinajstić information content (AvgIpc) is 2.76. The second-order valence-corrected chi connectivity index (χ2v) is 6.54. The molecule has 1 aromatic carbocycles. The lowest BCUT2D eigenvalue weighted by atomic mass is 10.1. The highest BCUT2D eigenvalue weighted by molar-refractivity contribution is 7.99. The first-order valence-corrected chi connectivity index (χ1v) is 7.30. The standard InChI is InChI=1S/C13H11F4NS2/c1-8-2-7-11(19-8)20-18-12(13(15,16)17)9-3-5-10(14)6-4-9/h2-7,12,18H,1H3. The highest BCUT2D eigenvalue weighted by Gasteiger charge is 2.40. The Kier molecular flexibility index (Phi) is 4.72. The van der Waals surface area contributed by atoms with Crippen molar-refractivity contribution in [2.75, 3.05) is 0 Å². The number of hydrogen-bond acceptors (Lipinski definition) is 3. The average molecular weight is 321 g/mol. The SMILES string of the molecule is Cc1ccc(SNC(c2ccc(F)cc2)C(F)(F)F)s1. The second kappa shape index (κ2) is 6.15. The molecule has 0 aliphatic rings. The van der Waals surface area contributed by atoms with E-state index in [-0.39, 0.29) is 5.56 Å². The zero-order valence-electron chi connectivity index (χ0n) is 10.4. The van der Waals surface area contributed by atoms with Crippen LogP contribution in [0.1, 0.15) is 16.5 Å². The van der Waals surface area contributed by atoms with Crippen molar-refractivity contribution in [3.05, 3.63) is 52.7 Å². The molecule has 0 fully saturated rings. The molecule has 0 saturated heterocycles. The molecule has 0 amide bonds. The number of alkyl halides is 3. The number of rotatable bonds is 4. The van der Waals surface area contributed by atoms with Crippen LogP contribution in [0.2, 0.25) is 0 Å². The summed E-state index contributed by atoms with van der Waals surface area (Å²) in [6.45, 7) is 1.88. The van der Waals surface area contributed by atoms with Gasteiger partial charge in [0.2, 0.25) is 0 Å². The van der Waals surface area contributed by atoms with Gasteiger partial charge in [-0.15, -0.1) is 11.3 Å². The fourth-order valence-electron chi connectivity index (χ4n) is 1.56. The molecule has 0 spiro atoms. The van der Waals surface area contributed by atoms with Crippen molar-refractivity contribution in [2.24, 2.45) is 0 Å². The molecule has 20 heavy (non-hydrogen) atoms. The van der Waals surface area contributed by atoms with Crippen molar-refractivity contribution >= 4 is 23.3 Å². The predicted octanol–water partition coefficient (Wildman–Crippen LogP) is 5.10. The summed E-state index contributed by atoms with van der Waals surface area (Å²) >= 11 is 2.34. The number of aryl methyl sites for hydroxylation is 1. The van der Waals surface area contributed by atoms with Crippen LogP contribution < -0.4 is 4.72 Å². The molecule has 0 aliphatic carbocycles. The van der Waals surface area contributed by atoms with Crippen LogP contribution in [0.3, 0.4) is 0 Å². The Morgan fingerprint density at radius 3 is 2.25 bits per heavy atom. The molecule has 1 unspecified atom stereocenters. The van der Waals surface area contributed by atoms with Gasteiger partial charge in [0.1, 0.15) is 11.9 Å². The van der Waals surface area contributed by atoms with Gasteiger partial charge in [0.05, 0.1) is 4.21 Å². The maximum absolute atomic E-state index is 13.0. The maximum atomic E-state index is 13.0. The summed E-state index contributed by atoms with van der Waals surface area (Å²) in [6.07, 6.45) is -4.45. The summed E-state index contributed by atoms with van der Waals surface area (Å²) in [5.41, 5.74) is -0.0142. The summed E-state index contributed by atoms with van der Waals surface area (Å²) in [5, 5.41) is 0. The van der Waals surface area contributed by atoms with Crippen molar-refractivity contribution in [1.82, 2.24) is 4.72 Å². The number of halogens is 4. The van der Waals surface area contributed by atoms with Gasteiger partial charge in [-0.05, 0) is 48.7 Å². The minimum Gasteiger partial charge on any atom is -0.243 e. The van der Waals surface area contributed by atoms with Crippen LogP contribution in [0.5, 0.6) is 0 Å². The predicted molar refractivity (Wildman–Crippen MR) is 73.2 cm³/mol. The topological polar surface area (TPSA) is 12.0 Å². The first-order chi connectivity index (χ1) is 9.36. The highest BCUT2D eigenvalue weighted by atomic mass is 32.2. The molecule has 1 nitrogen and oxygen atoms in total. The summed E-state index contributed by atoms with van der Waals surface area (Å²) in [4.78, 5) is 1.03. The van der Waals surface area contributed by atoms with E-state index in [0.717, 1.165) is 45.3 Å². The van der Waals surface area contributed by atoms with Crippen LogP contribution in [0.25, 0.3) is 0 Å². The Hall–Kier alpha value is -1.05. The lowest BCUT2D eigenvalue weighted by Gasteiger charge is -2.21. The van der Waals surface area contributed by atoms with Crippen molar-refractivity contribution in [2.45, 2.75) is 23.4 Å². The molecule has 1 N–H and O–H groups in total. The van der Waals surface area contributed by atoms with E-state index in [2.05, 4.69) is 4.72 Å². The third-order valence-corrected chi connectivity index (χ3v) is 4.51. The largest absolute Gasteiger partial charge is 0.408 e. The van der Waals surface area contributed by atoms with Crippen molar-refractivity contribution in [3.63, 3.8) is 0 Å². The highest BCUT2D eigenvalue weighted by Crippen LogP contribution is 2.36. The van der Waals surface area contributed by atoms with Crippen LogP contribution in [-0.2, 0) is 0 Å². The van der Waals surface area contributed by atoms with E-state index in [1.165, 1.54) is 11.3 Å². The van der Waals surface area contributed by atoms with Crippen LogP contribution in [-0.4, -0.2) is 6.18 Å². The molecule has 7 heteroatoms. The first-order valence-electron chi connectivity index (χ1n) is 5.67. The van der Waals surface area contributed by atoms with Gasteiger partial charge in [0.15, 0.2) is 0 Å². The molecule has 0 aliphatic heterocycles. The molecule has 0 radical (unpaired) electrons. The van der Waals surface area contributed by atoms with Gasteiger partial charge in [-0.1, -0.05) is 12.1 Å². The first kappa shape index (κ1) is 15.3. The Morgan fingerprint density at radius 1 is 1.10 bits per heavy atom. The summed E-state index contributed by atoms with van der Waals surface area (Å²) < 4.78 is 55.1. The summed E-state index contributed by atoms with van der Waals surface area (Å²) in [7, 11) is 0. The molecule has 0 saturated carbocycles. The summed E-state index contributed by atoms with van der Waals surface area (Å²) in [5.74, 6) is -0.559. The zero-order valence-corrected chi connectivity index (χ0v) is 12.0. The normalized spacial score (nSPS) is 13.4. The van der Waals surface area contributed by atoms with Gasteiger partial charge in [0.25, 0.3) is 0 Å². The van der Waals surface area contributed by atoms with E-state index in [1.54, 1.807) is 6.07 Å². The number of benzene rings is 1. The molecular formula is C13H11F4NS2. The molecule has 108 valence electrons. The molecule has 2 aromatic rings. The van der Waals surface area contributed by atoms with Gasteiger partial charge in [-0.2, -0.15) is 13.2 Å². The van der Waals surface area contributed by atoms with Crippen LogP contribution in [0.4, 0.5) is 17.6 Å². The minimum absolute atomic E-state index is 0.0142. The van der Waals surface area contributed by atoms with Gasteiger partial charge in [-0.3, -0.25) is 0 Å². The van der Waals surface area contributed by atoms with Crippen LogP contribution >= 0.6 is 23.3 Å². The molecule has 2 rings (SSSR count). The van der Waals surface area contributed by atoms with E-state index < -0.39 is 18.0 Å². The van der Waals surface area contributed by atoms with Crippen molar-refractivity contribution in [1.29, 1.82) is 0 Å². The van der Waals surface area contributed by atoms with Crippen LogP contribution in [0, 0.1) is 12.7 Å². The second-order valence-electron chi connectivity index (χ2n) is 4.11. The molecule has 1 atom stereocenters. The molecule has 1 aromatic heterocycles.